The summed E-state index contributed by atoms with van der Waals surface area (Å²) in [4.78, 5) is 26.6. The van der Waals surface area contributed by atoms with E-state index in [2.05, 4.69) is 15.9 Å². The molecule has 0 aliphatic heterocycles. The number of nitrogens with zero attached hydrogens (tertiary/aromatic N) is 2. The summed E-state index contributed by atoms with van der Waals surface area (Å²) in [5, 5.41) is 0. The van der Waals surface area contributed by atoms with Crippen LogP contribution in [0.2, 0.25) is 0 Å². The van der Waals surface area contributed by atoms with Gasteiger partial charge in [-0.05, 0) is 58.0 Å². The van der Waals surface area contributed by atoms with Crippen LogP contribution in [-0.4, -0.2) is 27.5 Å². The lowest BCUT2D eigenvalue weighted by Crippen LogP contribution is -2.38. The summed E-state index contributed by atoms with van der Waals surface area (Å²) in [6.45, 7) is 8.04. The molecule has 0 amide bonds. The third-order valence-electron chi connectivity index (χ3n) is 3.74. The van der Waals surface area contributed by atoms with Crippen LogP contribution in [0.5, 0.6) is 0 Å². The summed E-state index contributed by atoms with van der Waals surface area (Å²) in [6.07, 6.45) is 3.19. The van der Waals surface area contributed by atoms with Crippen LogP contribution < -0.4 is 5.56 Å². The van der Waals surface area contributed by atoms with Crippen LogP contribution in [0.4, 0.5) is 0 Å². The molecule has 0 spiro atoms. The van der Waals surface area contributed by atoms with Gasteiger partial charge in [0.15, 0.2) is 0 Å². The van der Waals surface area contributed by atoms with Gasteiger partial charge < -0.3 is 9.64 Å². The van der Waals surface area contributed by atoms with Crippen molar-refractivity contribution in [2.45, 2.75) is 39.8 Å². The average Bonchev–Trinajstić information content (AvgIpc) is 2.56. The number of esters is 1. The molecule has 138 valence electrons. The second kappa shape index (κ2) is 8.85. The smallest absolute Gasteiger partial charge is 0.344 e. The van der Waals surface area contributed by atoms with E-state index in [0.29, 0.717) is 11.4 Å². The van der Waals surface area contributed by atoms with Crippen molar-refractivity contribution in [2.24, 2.45) is 0 Å². The van der Waals surface area contributed by atoms with Crippen molar-refractivity contribution in [1.29, 1.82) is 0 Å². The summed E-state index contributed by atoms with van der Waals surface area (Å²) >= 11 is 3.35. The highest BCUT2D eigenvalue weighted by atomic mass is 79.9. The van der Waals surface area contributed by atoms with E-state index in [0.717, 1.165) is 4.47 Å². The minimum atomic E-state index is -0.473. The first kappa shape index (κ1) is 20.0. The normalized spacial score (nSPS) is 11.7. The molecule has 1 heterocycles. The number of rotatable bonds is 6. The van der Waals surface area contributed by atoms with Gasteiger partial charge in [-0.2, -0.15) is 0 Å². The first-order chi connectivity index (χ1) is 12.3. The maximum absolute atomic E-state index is 12.6. The van der Waals surface area contributed by atoms with Crippen LogP contribution >= 0.6 is 15.9 Å². The van der Waals surface area contributed by atoms with Gasteiger partial charge in [0.2, 0.25) is 5.88 Å². The summed E-state index contributed by atoms with van der Waals surface area (Å²) in [7, 11) is 0. The van der Waals surface area contributed by atoms with Crippen LogP contribution in [-0.2, 0) is 4.74 Å². The molecule has 0 radical (unpaired) electrons. The van der Waals surface area contributed by atoms with Gasteiger partial charge in [-0.25, -0.2) is 4.79 Å². The fourth-order valence-corrected chi connectivity index (χ4v) is 2.92. The highest BCUT2D eigenvalue weighted by Gasteiger charge is 2.22. The average molecular weight is 419 g/mol. The van der Waals surface area contributed by atoms with Gasteiger partial charge in [-0.15, -0.1) is 0 Å². The molecular formula is C20H23BrN2O3. The van der Waals surface area contributed by atoms with E-state index in [1.807, 2.05) is 32.6 Å². The Balaban J connectivity index is 2.43. The molecule has 0 N–H and O–H groups in total. The van der Waals surface area contributed by atoms with Gasteiger partial charge in [-0.3, -0.25) is 9.36 Å². The molecule has 2 aromatic rings. The van der Waals surface area contributed by atoms with Crippen LogP contribution in [0.15, 0.2) is 63.8 Å². The topological polar surface area (TPSA) is 51.5 Å². The molecule has 0 aliphatic carbocycles. The van der Waals surface area contributed by atoms with Crippen molar-refractivity contribution < 1.29 is 9.53 Å². The van der Waals surface area contributed by atoms with Crippen LogP contribution in [0, 0.1) is 0 Å². The Bertz CT molecular complexity index is 831. The highest BCUT2D eigenvalue weighted by Crippen LogP contribution is 2.19. The first-order valence-electron chi connectivity index (χ1n) is 8.44. The van der Waals surface area contributed by atoms with Crippen LogP contribution in [0.3, 0.4) is 0 Å². The summed E-state index contributed by atoms with van der Waals surface area (Å²) < 4.78 is 7.98. The summed E-state index contributed by atoms with van der Waals surface area (Å²) in [5.41, 5.74) is 0.240. The van der Waals surface area contributed by atoms with Crippen molar-refractivity contribution in [2.75, 3.05) is 0 Å². The molecule has 0 unspecified atom stereocenters. The third-order valence-corrected chi connectivity index (χ3v) is 4.27. The van der Waals surface area contributed by atoms with Crippen molar-refractivity contribution in [1.82, 2.24) is 9.47 Å². The number of aromatic nitrogens is 1. The third kappa shape index (κ3) is 5.08. The summed E-state index contributed by atoms with van der Waals surface area (Å²) in [6, 6.07) is 12.0. The van der Waals surface area contributed by atoms with Gasteiger partial charge in [0.1, 0.15) is 0 Å². The van der Waals surface area contributed by atoms with E-state index in [9.17, 15) is 9.59 Å². The van der Waals surface area contributed by atoms with Crippen molar-refractivity contribution in [3.63, 3.8) is 0 Å². The van der Waals surface area contributed by atoms with Gasteiger partial charge in [0, 0.05) is 28.8 Å². The van der Waals surface area contributed by atoms with Gasteiger partial charge in [-0.1, -0.05) is 22.0 Å². The van der Waals surface area contributed by atoms with Gasteiger partial charge in [0.25, 0.3) is 5.56 Å². The predicted octanol–water partition coefficient (Wildman–Crippen LogP) is 4.34. The maximum Gasteiger partial charge on any atom is 0.344 e. The fraction of sp³-hybridized carbons (Fsp3) is 0.300. The van der Waals surface area contributed by atoms with Crippen LogP contribution in [0.25, 0.3) is 6.20 Å². The standard InChI is InChI=1S/C20H23BrN2O3/c1-14(2)23(15(3)4)19(13-22-12-6-5-7-18(22)24)26-20(25)16-8-10-17(21)11-9-16/h5-15H,1-4H3/b19-13-. The monoisotopic (exact) mass is 418 g/mol. The second-order valence-corrected chi connectivity index (χ2v) is 7.32. The Hall–Kier alpha value is -2.34. The van der Waals surface area contributed by atoms with Crippen LogP contribution in [0.1, 0.15) is 38.1 Å². The molecule has 0 bridgehead atoms. The lowest BCUT2D eigenvalue weighted by molar-refractivity contribution is 0.0423. The SMILES string of the molecule is CC(C)N(/C(=C/n1ccccc1=O)OC(=O)c1ccc(Br)cc1)C(C)C. The minimum Gasteiger partial charge on any atom is -0.404 e. The van der Waals surface area contributed by atoms with E-state index in [1.54, 1.807) is 48.8 Å². The molecule has 0 aliphatic rings. The number of pyridine rings is 1. The maximum atomic E-state index is 12.6. The Labute approximate surface area is 162 Å². The number of hydrogen-bond donors (Lipinski definition) is 0. The highest BCUT2D eigenvalue weighted by molar-refractivity contribution is 9.10. The lowest BCUT2D eigenvalue weighted by Gasteiger charge is -2.33. The van der Waals surface area contributed by atoms with E-state index in [-0.39, 0.29) is 17.6 Å². The zero-order valence-corrected chi connectivity index (χ0v) is 16.9. The summed E-state index contributed by atoms with van der Waals surface area (Å²) in [5.74, 6) is -0.143. The molecule has 0 saturated carbocycles. The second-order valence-electron chi connectivity index (χ2n) is 6.40. The molecule has 0 fully saturated rings. The zero-order valence-electron chi connectivity index (χ0n) is 15.3. The zero-order chi connectivity index (χ0) is 19.3. The Morgan fingerprint density at radius 3 is 2.23 bits per heavy atom. The molecule has 1 aromatic heterocycles. The molecule has 0 atom stereocenters. The Morgan fingerprint density at radius 1 is 1.08 bits per heavy atom. The number of hydrogen-bond acceptors (Lipinski definition) is 4. The number of halogens is 1. The van der Waals surface area contributed by atoms with Crippen molar-refractivity contribution in [3.8, 4) is 0 Å². The molecule has 1 aromatic carbocycles. The molecular weight excluding hydrogens is 396 g/mol. The van der Waals surface area contributed by atoms with E-state index < -0.39 is 5.97 Å². The number of carbonyl (C=O) groups excluding carboxylic acids is 1. The first-order valence-corrected chi connectivity index (χ1v) is 9.24. The van der Waals surface area contributed by atoms with E-state index >= 15 is 0 Å². The van der Waals surface area contributed by atoms with E-state index in [4.69, 9.17) is 4.74 Å². The number of ether oxygens (including phenoxy) is 1. The largest absolute Gasteiger partial charge is 0.404 e. The predicted molar refractivity (Wildman–Crippen MR) is 107 cm³/mol. The molecule has 6 heteroatoms. The molecule has 26 heavy (non-hydrogen) atoms. The van der Waals surface area contributed by atoms with Crippen molar-refractivity contribution in [3.05, 3.63) is 74.9 Å². The van der Waals surface area contributed by atoms with Gasteiger partial charge >= 0.3 is 5.97 Å². The minimum absolute atomic E-state index is 0.0818. The van der Waals surface area contributed by atoms with Crippen molar-refractivity contribution >= 4 is 28.1 Å². The molecule has 5 nitrogen and oxygen atoms in total. The number of carbonyl (C=O) groups is 1. The lowest BCUT2D eigenvalue weighted by atomic mass is 10.2. The molecule has 2 rings (SSSR count). The number of benzene rings is 1. The Kier molecular flexibility index (Phi) is 6.80. The Morgan fingerprint density at radius 2 is 1.69 bits per heavy atom. The fourth-order valence-electron chi connectivity index (χ4n) is 2.66. The van der Waals surface area contributed by atoms with Gasteiger partial charge in [0.05, 0.1) is 11.8 Å². The quantitative estimate of drug-likeness (QED) is 0.516. The molecule has 0 saturated heterocycles. The van der Waals surface area contributed by atoms with E-state index in [1.165, 1.54) is 10.6 Å².